The molecule has 0 saturated heterocycles. The zero-order valence-electron chi connectivity index (χ0n) is 13.3. The van der Waals surface area contributed by atoms with E-state index < -0.39 is 5.56 Å². The average Bonchev–Trinajstić information content (AvgIpc) is 2.57. The van der Waals surface area contributed by atoms with Crippen molar-refractivity contribution < 1.29 is 10.8 Å². The van der Waals surface area contributed by atoms with Crippen LogP contribution < -0.4 is 11.3 Å². The summed E-state index contributed by atoms with van der Waals surface area (Å²) in [4.78, 5) is 19.3. The van der Waals surface area contributed by atoms with Crippen LogP contribution in [0.4, 0.5) is 0 Å². The van der Waals surface area contributed by atoms with Crippen LogP contribution in [0.5, 0.6) is 5.88 Å². The third kappa shape index (κ3) is 3.32. The molecule has 1 aromatic heterocycles. The van der Waals surface area contributed by atoms with Gasteiger partial charge in [-0.1, -0.05) is 24.6 Å². The van der Waals surface area contributed by atoms with E-state index in [1.165, 1.54) is 17.2 Å². The molecule has 2 atom stereocenters. The van der Waals surface area contributed by atoms with Crippen molar-refractivity contribution in [2.75, 3.05) is 0 Å². The zero-order valence-corrected chi connectivity index (χ0v) is 14.1. The number of benzene rings is 1. The number of nitrogens with one attached hydrogen (secondary N) is 1. The molecule has 3 rings (SSSR count). The number of hydrogen-bond donors (Lipinski definition) is 3. The summed E-state index contributed by atoms with van der Waals surface area (Å²) in [6, 6.07) is 9.50. The largest absolute Gasteiger partial charge is 0.494 e. The lowest BCUT2D eigenvalue weighted by Gasteiger charge is -2.22. The molecule has 5 N–H and O–H groups in total. The molecule has 1 fully saturated rings. The third-order valence-electron chi connectivity index (χ3n) is 4.40. The van der Waals surface area contributed by atoms with Gasteiger partial charge in [0.1, 0.15) is 17.6 Å². The number of quaternary nitrogens is 1. The summed E-state index contributed by atoms with van der Waals surface area (Å²) >= 11 is 5.19. The van der Waals surface area contributed by atoms with E-state index in [1.807, 2.05) is 30.3 Å². The van der Waals surface area contributed by atoms with E-state index in [9.17, 15) is 9.90 Å². The monoisotopic (exact) mass is 345 g/mol. The Morgan fingerprint density at radius 3 is 2.71 bits per heavy atom. The van der Waals surface area contributed by atoms with Gasteiger partial charge in [0.05, 0.1) is 5.69 Å². The first-order chi connectivity index (χ1) is 11.6. The van der Waals surface area contributed by atoms with E-state index in [2.05, 4.69) is 15.7 Å². The Balaban J connectivity index is 2.02. The molecule has 0 bridgehead atoms. The molecule has 7 heteroatoms. The summed E-state index contributed by atoms with van der Waals surface area (Å²) < 4.78 is 1.58. The Morgan fingerprint density at radius 2 is 2.00 bits per heavy atom. The number of H-pyrrole nitrogens is 1. The Morgan fingerprint density at radius 1 is 1.29 bits per heavy atom. The molecule has 1 aliphatic rings. The van der Waals surface area contributed by atoms with Gasteiger partial charge in [-0.15, -0.1) is 0 Å². The van der Waals surface area contributed by atoms with E-state index in [4.69, 9.17) is 12.2 Å². The van der Waals surface area contributed by atoms with E-state index in [1.54, 1.807) is 0 Å². The van der Waals surface area contributed by atoms with Crippen LogP contribution >= 0.6 is 12.2 Å². The number of aliphatic imine (C=N–C) groups is 1. The molecular formula is C17H21N4O2S+. The molecule has 6 nitrogen and oxygen atoms in total. The van der Waals surface area contributed by atoms with Crippen LogP contribution in [0.2, 0.25) is 0 Å². The van der Waals surface area contributed by atoms with Gasteiger partial charge in [0, 0.05) is 12.6 Å². The van der Waals surface area contributed by atoms with Crippen molar-refractivity contribution in [2.24, 2.45) is 4.99 Å². The van der Waals surface area contributed by atoms with Crippen molar-refractivity contribution in [1.82, 2.24) is 9.55 Å². The fourth-order valence-electron chi connectivity index (χ4n) is 3.03. The van der Waals surface area contributed by atoms with Crippen molar-refractivity contribution in [3.63, 3.8) is 0 Å². The molecule has 0 radical (unpaired) electrons. The molecular weight excluding hydrogens is 324 g/mol. The van der Waals surface area contributed by atoms with Crippen LogP contribution in [0.25, 0.3) is 5.69 Å². The molecule has 1 saturated carbocycles. The molecule has 0 aliphatic heterocycles. The quantitative estimate of drug-likeness (QED) is 0.582. The van der Waals surface area contributed by atoms with Crippen LogP contribution in [0.3, 0.4) is 0 Å². The Bertz CT molecular complexity index is 857. The Hall–Kier alpha value is -2.25. The standard InChI is InChI=1S/C17H20N4O2S/c18-13-8-4-5-9-14(13)19-10-12-15(22)20-17(24)21(16(12)23)11-6-2-1-3-7-11/h1-3,6-7,10,13-14,23H,4-5,8-9,18H2,(H,20,22,24)/p+1/t13-,14-/m0/s1. The number of nitrogens with zero attached hydrogens (tertiary/aromatic N) is 2. The van der Waals surface area contributed by atoms with Gasteiger partial charge in [0.2, 0.25) is 5.88 Å². The summed E-state index contributed by atoms with van der Waals surface area (Å²) in [5.41, 5.74) is 4.49. The maximum atomic E-state index is 12.2. The van der Waals surface area contributed by atoms with Crippen molar-refractivity contribution >= 4 is 18.4 Å². The van der Waals surface area contributed by atoms with Crippen molar-refractivity contribution in [3.05, 3.63) is 51.0 Å². The predicted molar refractivity (Wildman–Crippen MR) is 95.4 cm³/mol. The number of aromatic amines is 1. The maximum Gasteiger partial charge on any atom is 0.264 e. The minimum absolute atomic E-state index is 0.0888. The molecule has 24 heavy (non-hydrogen) atoms. The Labute approximate surface area is 144 Å². The first-order valence-electron chi connectivity index (χ1n) is 8.08. The van der Waals surface area contributed by atoms with Gasteiger partial charge in [-0.05, 0) is 37.2 Å². The summed E-state index contributed by atoms with van der Waals surface area (Å²) in [5, 5.41) is 10.6. The molecule has 0 amide bonds. The lowest BCUT2D eigenvalue weighted by Crippen LogP contribution is -2.66. The minimum Gasteiger partial charge on any atom is -0.494 e. The van der Waals surface area contributed by atoms with Gasteiger partial charge in [-0.2, -0.15) is 0 Å². The van der Waals surface area contributed by atoms with Crippen molar-refractivity contribution in [3.8, 4) is 11.6 Å². The van der Waals surface area contributed by atoms with E-state index in [-0.39, 0.29) is 28.3 Å². The predicted octanol–water partition coefficient (Wildman–Crippen LogP) is 1.57. The Kier molecular flexibility index (Phi) is 4.92. The van der Waals surface area contributed by atoms with Crippen molar-refractivity contribution in [1.29, 1.82) is 0 Å². The smallest absolute Gasteiger partial charge is 0.264 e. The van der Waals surface area contributed by atoms with E-state index in [0.717, 1.165) is 19.3 Å². The summed E-state index contributed by atoms with van der Waals surface area (Å²) in [6.07, 6.45) is 5.74. The summed E-state index contributed by atoms with van der Waals surface area (Å²) in [5.74, 6) is -0.199. The van der Waals surface area contributed by atoms with Gasteiger partial charge >= 0.3 is 0 Å². The molecule has 1 aromatic carbocycles. The van der Waals surface area contributed by atoms with Gasteiger partial charge in [0.25, 0.3) is 5.56 Å². The van der Waals surface area contributed by atoms with E-state index >= 15 is 0 Å². The number of rotatable bonds is 3. The number of hydrogen-bond acceptors (Lipinski definition) is 4. The second-order valence-corrected chi connectivity index (χ2v) is 6.44. The lowest BCUT2D eigenvalue weighted by atomic mass is 9.91. The lowest BCUT2D eigenvalue weighted by molar-refractivity contribution is -0.428. The van der Waals surface area contributed by atoms with Gasteiger partial charge in [0.15, 0.2) is 4.77 Å². The number of para-hydroxylation sites is 1. The fourth-order valence-corrected chi connectivity index (χ4v) is 3.31. The van der Waals surface area contributed by atoms with Crippen LogP contribution in [0.1, 0.15) is 31.2 Å². The SMILES string of the molecule is [NH3+][C@H]1CCCC[C@@H]1N=Cc1c(O)n(-c2ccccc2)c(=S)[nH]c1=O. The van der Waals surface area contributed by atoms with E-state index in [0.29, 0.717) is 5.69 Å². The third-order valence-corrected chi connectivity index (χ3v) is 4.68. The van der Waals surface area contributed by atoms with Crippen LogP contribution in [-0.2, 0) is 0 Å². The van der Waals surface area contributed by atoms with Crippen LogP contribution in [-0.4, -0.2) is 33.0 Å². The fraction of sp³-hybridized carbons (Fsp3) is 0.353. The maximum absolute atomic E-state index is 12.2. The van der Waals surface area contributed by atoms with Gasteiger partial charge in [-0.3, -0.25) is 19.3 Å². The first-order valence-corrected chi connectivity index (χ1v) is 8.48. The minimum atomic E-state index is -0.440. The normalized spacial score (nSPS) is 21.2. The molecule has 1 aliphatic carbocycles. The molecule has 0 unspecified atom stereocenters. The number of aromatic hydroxyl groups is 1. The topological polar surface area (TPSA) is 98.0 Å². The second-order valence-electron chi connectivity index (χ2n) is 6.06. The highest BCUT2D eigenvalue weighted by atomic mass is 32.1. The summed E-state index contributed by atoms with van der Waals surface area (Å²) in [6.45, 7) is 0. The van der Waals surface area contributed by atoms with Crippen LogP contribution in [0.15, 0.2) is 40.1 Å². The zero-order chi connectivity index (χ0) is 17.1. The molecule has 0 spiro atoms. The van der Waals surface area contributed by atoms with Crippen molar-refractivity contribution in [2.45, 2.75) is 37.8 Å². The summed E-state index contributed by atoms with van der Waals surface area (Å²) in [7, 11) is 0. The van der Waals surface area contributed by atoms with Gasteiger partial charge < -0.3 is 10.8 Å². The molecule has 2 aromatic rings. The average molecular weight is 345 g/mol. The first kappa shape index (κ1) is 16.6. The highest BCUT2D eigenvalue weighted by Crippen LogP contribution is 2.21. The molecule has 1 heterocycles. The highest BCUT2D eigenvalue weighted by molar-refractivity contribution is 7.71. The highest BCUT2D eigenvalue weighted by Gasteiger charge is 2.24. The number of aromatic nitrogens is 2. The van der Waals surface area contributed by atoms with Crippen LogP contribution in [0, 0.1) is 4.77 Å². The molecule has 126 valence electrons. The second kappa shape index (κ2) is 7.11. The van der Waals surface area contributed by atoms with Gasteiger partial charge in [-0.25, -0.2) is 0 Å².